The fourth-order valence-electron chi connectivity index (χ4n) is 2.24. The maximum atomic E-state index is 13.1. The van der Waals surface area contributed by atoms with Crippen molar-refractivity contribution in [2.24, 2.45) is 5.16 Å². The number of thiazole rings is 1. The molecule has 2 N–H and O–H groups in total. The summed E-state index contributed by atoms with van der Waals surface area (Å²) in [5, 5.41) is 14.5. The van der Waals surface area contributed by atoms with Crippen LogP contribution >= 0.6 is 11.3 Å². The fraction of sp³-hybridized carbons (Fsp3) is 0.389. The minimum absolute atomic E-state index is 0. The van der Waals surface area contributed by atoms with Crippen molar-refractivity contribution >= 4 is 38.1 Å². The van der Waals surface area contributed by atoms with E-state index in [1.54, 1.807) is 0 Å². The number of amides is 1. The lowest BCUT2D eigenvalue weighted by atomic mass is 10.1. The van der Waals surface area contributed by atoms with Gasteiger partial charge in [-0.2, -0.15) is 8.70 Å². The highest BCUT2D eigenvalue weighted by atomic mass is 32.2. The molecule has 0 bridgehead atoms. The fourth-order valence-corrected chi connectivity index (χ4v) is 3.93. The van der Waals surface area contributed by atoms with E-state index in [1.807, 2.05) is 0 Å². The Morgan fingerprint density at radius 2 is 2.06 bits per heavy atom. The second-order valence-electron chi connectivity index (χ2n) is 6.12. The Kier molecular flexibility index (Phi) is 9.45. The predicted octanol–water partition coefficient (Wildman–Crippen LogP) is 1.54. The van der Waals surface area contributed by atoms with Gasteiger partial charge in [-0.05, 0) is 12.1 Å². The van der Waals surface area contributed by atoms with Crippen LogP contribution in [-0.4, -0.2) is 75.0 Å². The molecule has 31 heavy (non-hydrogen) atoms. The lowest BCUT2D eigenvalue weighted by Gasteiger charge is -2.17. The quantitative estimate of drug-likeness (QED) is 0.270. The van der Waals surface area contributed by atoms with Crippen LogP contribution in [-0.2, 0) is 24.4 Å². The molecule has 13 heteroatoms. The number of aliphatic hydroxyl groups excluding tert-OH is 1. The van der Waals surface area contributed by atoms with E-state index < -0.39 is 21.1 Å². The number of oxime groups is 1. The Hall–Kier alpha value is -2.45. The Labute approximate surface area is 184 Å². The van der Waals surface area contributed by atoms with Crippen molar-refractivity contribution in [1.82, 2.24) is 9.29 Å². The Balaban J connectivity index is 0.00000512. The van der Waals surface area contributed by atoms with Crippen LogP contribution in [0.15, 0.2) is 40.5 Å². The number of aromatic nitrogens is 1. The van der Waals surface area contributed by atoms with Gasteiger partial charge >= 0.3 is 0 Å². The number of benzene rings is 1. The zero-order valence-electron chi connectivity index (χ0n) is 16.9. The Morgan fingerprint density at radius 1 is 1.35 bits per heavy atom. The van der Waals surface area contributed by atoms with E-state index in [0.29, 0.717) is 17.8 Å². The summed E-state index contributed by atoms with van der Waals surface area (Å²) in [6.07, 6.45) is 1.27. The van der Waals surface area contributed by atoms with Crippen LogP contribution in [0.25, 0.3) is 0 Å². The molecule has 0 unspecified atom stereocenters. The highest BCUT2D eigenvalue weighted by molar-refractivity contribution is 7.89. The average molecular weight is 477 g/mol. The summed E-state index contributed by atoms with van der Waals surface area (Å²) in [7, 11) is -0.829. The van der Waals surface area contributed by atoms with E-state index in [4.69, 9.17) is 14.7 Å². The minimum Gasteiger partial charge on any atom is -0.396 e. The van der Waals surface area contributed by atoms with Crippen LogP contribution in [0.2, 0.25) is 0 Å². The summed E-state index contributed by atoms with van der Waals surface area (Å²) in [6.45, 7) is 0.376. The summed E-state index contributed by atoms with van der Waals surface area (Å²) in [5.74, 6) is -0.717. The van der Waals surface area contributed by atoms with Crippen LogP contribution in [0, 0.1) is 5.13 Å². The standard InChI is InChI=1S/C18H23FN4O6S2.H2/c1-23(8-11-28-2)31(26,27)14-6-4-13(5-7-14)16(22-29-10-3-9-24)17(25)21-18-20-12-15(19)30-18;/h4-7,12,24H,3,8-11H2,1-2H3,(H,20,21,25);1H/b22-16+;. The zero-order valence-corrected chi connectivity index (χ0v) is 18.6. The normalized spacial score (nSPS) is 12.2. The molecule has 0 fully saturated rings. The number of carbonyl (C=O) groups excluding carboxylic acids is 1. The van der Waals surface area contributed by atoms with Crippen molar-refractivity contribution in [1.29, 1.82) is 0 Å². The molecule has 1 amide bonds. The van der Waals surface area contributed by atoms with Crippen molar-refractivity contribution in [3.8, 4) is 0 Å². The average Bonchev–Trinajstić information content (AvgIpc) is 3.16. The van der Waals surface area contributed by atoms with Crippen LogP contribution in [0.1, 0.15) is 13.4 Å². The number of carbonyl (C=O) groups is 1. The molecule has 1 heterocycles. The van der Waals surface area contributed by atoms with E-state index in [-0.39, 0.29) is 49.1 Å². The molecule has 0 saturated carbocycles. The number of sulfonamides is 1. The molecule has 10 nitrogen and oxygen atoms in total. The van der Waals surface area contributed by atoms with Crippen LogP contribution in [0.5, 0.6) is 0 Å². The van der Waals surface area contributed by atoms with Crippen molar-refractivity contribution in [3.63, 3.8) is 0 Å². The molecule has 0 aliphatic carbocycles. The third-order valence-corrected chi connectivity index (χ3v) is 6.48. The number of nitrogens with zero attached hydrogens (tertiary/aromatic N) is 3. The highest BCUT2D eigenvalue weighted by Gasteiger charge is 2.22. The molecule has 0 radical (unpaired) electrons. The molecular weight excluding hydrogens is 451 g/mol. The van der Waals surface area contributed by atoms with E-state index >= 15 is 0 Å². The number of anilines is 1. The first-order valence-corrected chi connectivity index (χ1v) is 11.3. The molecule has 2 aromatic rings. The molecule has 0 spiro atoms. The van der Waals surface area contributed by atoms with Gasteiger partial charge in [-0.25, -0.2) is 13.4 Å². The van der Waals surface area contributed by atoms with E-state index in [9.17, 15) is 17.6 Å². The van der Waals surface area contributed by atoms with Gasteiger partial charge in [0.2, 0.25) is 10.0 Å². The molecule has 2 rings (SSSR count). The van der Waals surface area contributed by atoms with E-state index in [1.165, 1.54) is 38.4 Å². The largest absolute Gasteiger partial charge is 0.396 e. The number of hydrogen-bond donors (Lipinski definition) is 2. The third kappa shape index (κ3) is 7.04. The monoisotopic (exact) mass is 476 g/mol. The molecule has 0 saturated heterocycles. The van der Waals surface area contributed by atoms with Gasteiger partial charge < -0.3 is 14.7 Å². The number of halogens is 1. The highest BCUT2D eigenvalue weighted by Crippen LogP contribution is 2.18. The SMILES string of the molecule is COCCN(C)S(=O)(=O)c1ccc(/C(=N\OCCCO)C(=O)Nc2ncc(F)s2)cc1.[HH]. The first-order valence-electron chi connectivity index (χ1n) is 9.08. The minimum atomic E-state index is -3.74. The second-order valence-corrected chi connectivity index (χ2v) is 9.14. The van der Waals surface area contributed by atoms with Gasteiger partial charge in [0.05, 0.1) is 17.7 Å². The maximum absolute atomic E-state index is 13.1. The van der Waals surface area contributed by atoms with Crippen molar-refractivity contribution < 1.29 is 33.7 Å². The summed E-state index contributed by atoms with van der Waals surface area (Å²) in [5.41, 5.74) is 0.113. The summed E-state index contributed by atoms with van der Waals surface area (Å²) < 4.78 is 44.4. The molecule has 172 valence electrons. The maximum Gasteiger partial charge on any atom is 0.280 e. The number of hydrogen-bond acceptors (Lipinski definition) is 9. The van der Waals surface area contributed by atoms with Gasteiger partial charge in [0.25, 0.3) is 5.91 Å². The summed E-state index contributed by atoms with van der Waals surface area (Å²) in [6, 6.07) is 5.50. The van der Waals surface area contributed by atoms with Gasteiger partial charge in [0.15, 0.2) is 16.0 Å². The number of aliphatic hydroxyl groups is 1. The van der Waals surface area contributed by atoms with Crippen molar-refractivity contribution in [2.45, 2.75) is 11.3 Å². The first-order chi connectivity index (χ1) is 14.8. The topological polar surface area (TPSA) is 130 Å². The first kappa shape index (κ1) is 24.8. The molecular formula is C18H25FN4O6S2. The van der Waals surface area contributed by atoms with E-state index in [0.717, 1.165) is 10.5 Å². The summed E-state index contributed by atoms with van der Waals surface area (Å²) >= 11 is 0.642. The molecule has 0 aliphatic rings. The van der Waals surface area contributed by atoms with E-state index in [2.05, 4.69) is 15.5 Å². The third-order valence-electron chi connectivity index (χ3n) is 3.91. The van der Waals surface area contributed by atoms with Gasteiger partial charge in [0, 0.05) is 40.7 Å². The Morgan fingerprint density at radius 3 is 2.65 bits per heavy atom. The predicted molar refractivity (Wildman–Crippen MR) is 115 cm³/mol. The number of rotatable bonds is 12. The van der Waals surface area contributed by atoms with Gasteiger partial charge in [-0.15, -0.1) is 0 Å². The number of likely N-dealkylation sites (N-methyl/N-ethyl adjacent to an activating group) is 1. The number of nitrogens with one attached hydrogen (secondary N) is 1. The second kappa shape index (κ2) is 11.8. The molecule has 0 aliphatic heterocycles. The smallest absolute Gasteiger partial charge is 0.280 e. The molecule has 1 aromatic carbocycles. The molecule has 0 atom stereocenters. The van der Waals surface area contributed by atoms with Crippen LogP contribution in [0.3, 0.4) is 0 Å². The van der Waals surface area contributed by atoms with Gasteiger partial charge in [0.1, 0.15) is 6.61 Å². The van der Waals surface area contributed by atoms with Gasteiger partial charge in [-0.3, -0.25) is 10.1 Å². The number of ether oxygens (including phenoxy) is 1. The molecule has 1 aromatic heterocycles. The van der Waals surface area contributed by atoms with Crippen LogP contribution < -0.4 is 5.32 Å². The van der Waals surface area contributed by atoms with Crippen LogP contribution in [0.4, 0.5) is 9.52 Å². The number of methoxy groups -OCH3 is 1. The lowest BCUT2D eigenvalue weighted by Crippen LogP contribution is -2.30. The van der Waals surface area contributed by atoms with Gasteiger partial charge in [-0.1, -0.05) is 28.6 Å². The van der Waals surface area contributed by atoms with Crippen molar-refractivity contribution in [3.05, 3.63) is 41.2 Å². The zero-order chi connectivity index (χ0) is 22.9. The summed E-state index contributed by atoms with van der Waals surface area (Å²) in [4.78, 5) is 21.4. The Bertz CT molecular complexity index is 1000. The lowest BCUT2D eigenvalue weighted by molar-refractivity contribution is -0.110. The van der Waals surface area contributed by atoms with Crippen molar-refractivity contribution in [2.75, 3.05) is 45.8 Å².